The summed E-state index contributed by atoms with van der Waals surface area (Å²) in [6.45, 7) is 0.799. The Morgan fingerprint density at radius 3 is 2.54 bits per heavy atom. The van der Waals surface area contributed by atoms with Gasteiger partial charge in [-0.1, -0.05) is 18.2 Å². The fourth-order valence-corrected chi connectivity index (χ4v) is 2.73. The lowest BCUT2D eigenvalue weighted by molar-refractivity contribution is -0.134. The fraction of sp³-hybridized carbons (Fsp3) is 0.556. The Morgan fingerprint density at radius 1 is 1.25 bits per heavy atom. The molecule has 2 aliphatic carbocycles. The Kier molecular flexibility index (Phi) is 5.04. The summed E-state index contributed by atoms with van der Waals surface area (Å²) in [4.78, 5) is 26.2. The van der Waals surface area contributed by atoms with E-state index in [4.69, 9.17) is 4.74 Å². The van der Waals surface area contributed by atoms with Crippen LogP contribution in [0.15, 0.2) is 30.3 Å². The van der Waals surface area contributed by atoms with Crippen molar-refractivity contribution in [3.05, 3.63) is 30.3 Å². The van der Waals surface area contributed by atoms with Crippen molar-refractivity contribution in [1.29, 1.82) is 0 Å². The monoisotopic (exact) mass is 332 g/mol. The summed E-state index contributed by atoms with van der Waals surface area (Å²) in [7, 11) is 0. The first kappa shape index (κ1) is 16.8. The van der Waals surface area contributed by atoms with Gasteiger partial charge in [0.2, 0.25) is 5.91 Å². The van der Waals surface area contributed by atoms with Crippen LogP contribution in [0.3, 0.4) is 0 Å². The van der Waals surface area contributed by atoms with Crippen molar-refractivity contribution in [2.75, 3.05) is 26.3 Å². The van der Waals surface area contributed by atoms with Gasteiger partial charge in [-0.25, -0.2) is 0 Å². The van der Waals surface area contributed by atoms with Gasteiger partial charge in [0.05, 0.1) is 12.0 Å². The molecule has 1 aromatic rings. The van der Waals surface area contributed by atoms with E-state index in [-0.39, 0.29) is 31.1 Å². The minimum atomic E-state index is -0.565. The molecule has 2 saturated carbocycles. The summed E-state index contributed by atoms with van der Waals surface area (Å²) < 4.78 is 5.52. The zero-order valence-corrected chi connectivity index (χ0v) is 13.7. The first-order valence-electron chi connectivity index (χ1n) is 8.51. The molecule has 6 heteroatoms. The first-order valence-corrected chi connectivity index (χ1v) is 8.51. The Balaban J connectivity index is 1.44. The summed E-state index contributed by atoms with van der Waals surface area (Å²) >= 11 is 0. The van der Waals surface area contributed by atoms with Crippen LogP contribution >= 0.6 is 0 Å². The maximum atomic E-state index is 12.4. The molecule has 3 rings (SSSR count). The zero-order chi connectivity index (χ0) is 17.0. The van der Waals surface area contributed by atoms with E-state index in [1.807, 2.05) is 30.3 Å². The SMILES string of the molecule is O=C(COc1ccccc1)N(CCNC(=O)C1(CO)CC1)C1CC1. The molecule has 0 atom stereocenters. The molecular formula is C18H24N2O4. The highest BCUT2D eigenvalue weighted by Crippen LogP contribution is 2.45. The first-order chi connectivity index (χ1) is 11.6. The number of hydrogen-bond donors (Lipinski definition) is 2. The molecule has 0 heterocycles. The van der Waals surface area contributed by atoms with Gasteiger partial charge in [0.15, 0.2) is 6.61 Å². The second-order valence-electron chi connectivity index (χ2n) is 6.61. The number of nitrogens with one attached hydrogen (secondary N) is 1. The smallest absolute Gasteiger partial charge is 0.260 e. The van der Waals surface area contributed by atoms with E-state index < -0.39 is 5.41 Å². The van der Waals surface area contributed by atoms with Crippen LogP contribution in [0.2, 0.25) is 0 Å². The number of hydrogen-bond acceptors (Lipinski definition) is 4. The molecule has 2 N–H and O–H groups in total. The van der Waals surface area contributed by atoms with Crippen LogP contribution < -0.4 is 10.1 Å². The van der Waals surface area contributed by atoms with Gasteiger partial charge in [-0.05, 0) is 37.8 Å². The second-order valence-corrected chi connectivity index (χ2v) is 6.61. The molecule has 2 amide bonds. The molecule has 130 valence electrons. The molecule has 2 aliphatic rings. The van der Waals surface area contributed by atoms with Crippen LogP contribution in [0.1, 0.15) is 25.7 Å². The summed E-state index contributed by atoms with van der Waals surface area (Å²) in [6.07, 6.45) is 3.49. The van der Waals surface area contributed by atoms with Crippen LogP contribution in [0.5, 0.6) is 5.75 Å². The molecule has 0 aromatic heterocycles. The lowest BCUT2D eigenvalue weighted by atomic mass is 10.1. The number of carbonyl (C=O) groups is 2. The maximum Gasteiger partial charge on any atom is 0.260 e. The number of para-hydroxylation sites is 1. The zero-order valence-electron chi connectivity index (χ0n) is 13.7. The van der Waals surface area contributed by atoms with E-state index in [1.54, 1.807) is 4.90 Å². The largest absolute Gasteiger partial charge is 0.484 e. The molecule has 24 heavy (non-hydrogen) atoms. The molecule has 0 bridgehead atoms. The average Bonchev–Trinajstić information content (AvgIpc) is 3.50. The van der Waals surface area contributed by atoms with Gasteiger partial charge in [-0.2, -0.15) is 0 Å². The highest BCUT2D eigenvalue weighted by Gasteiger charge is 2.49. The van der Waals surface area contributed by atoms with Crippen LogP contribution in [-0.4, -0.2) is 54.2 Å². The van der Waals surface area contributed by atoms with Crippen molar-refractivity contribution >= 4 is 11.8 Å². The van der Waals surface area contributed by atoms with Crippen molar-refractivity contribution in [3.8, 4) is 5.75 Å². The van der Waals surface area contributed by atoms with E-state index in [1.165, 1.54) is 0 Å². The van der Waals surface area contributed by atoms with Crippen LogP contribution in [0.4, 0.5) is 0 Å². The van der Waals surface area contributed by atoms with Gasteiger partial charge in [0.25, 0.3) is 5.91 Å². The van der Waals surface area contributed by atoms with E-state index in [0.29, 0.717) is 18.8 Å². The average molecular weight is 332 g/mol. The fourth-order valence-electron chi connectivity index (χ4n) is 2.73. The van der Waals surface area contributed by atoms with Crippen molar-refractivity contribution in [1.82, 2.24) is 10.2 Å². The maximum absolute atomic E-state index is 12.4. The van der Waals surface area contributed by atoms with Crippen LogP contribution in [0, 0.1) is 5.41 Å². The van der Waals surface area contributed by atoms with Gasteiger partial charge >= 0.3 is 0 Å². The molecular weight excluding hydrogens is 308 g/mol. The lowest BCUT2D eigenvalue weighted by Crippen LogP contribution is -2.43. The van der Waals surface area contributed by atoms with E-state index in [2.05, 4.69) is 5.32 Å². The van der Waals surface area contributed by atoms with Crippen molar-refractivity contribution in [2.45, 2.75) is 31.7 Å². The number of nitrogens with zero attached hydrogens (tertiary/aromatic N) is 1. The number of aliphatic hydroxyl groups is 1. The van der Waals surface area contributed by atoms with Gasteiger partial charge in [-0.15, -0.1) is 0 Å². The Labute approximate surface area is 141 Å². The summed E-state index contributed by atoms with van der Waals surface area (Å²) in [6, 6.07) is 9.53. The van der Waals surface area contributed by atoms with E-state index >= 15 is 0 Å². The third kappa shape index (κ3) is 4.06. The normalized spacial score (nSPS) is 17.9. The summed E-state index contributed by atoms with van der Waals surface area (Å²) in [5, 5.41) is 12.1. The quantitative estimate of drug-likeness (QED) is 0.705. The Morgan fingerprint density at radius 2 is 1.96 bits per heavy atom. The van der Waals surface area contributed by atoms with Crippen molar-refractivity contribution in [2.24, 2.45) is 5.41 Å². The predicted octanol–water partition coefficient (Wildman–Crippen LogP) is 0.945. The van der Waals surface area contributed by atoms with Gasteiger partial charge in [0, 0.05) is 19.1 Å². The molecule has 1 aromatic carbocycles. The molecule has 6 nitrogen and oxygen atoms in total. The van der Waals surface area contributed by atoms with E-state index in [0.717, 1.165) is 25.7 Å². The summed E-state index contributed by atoms with van der Waals surface area (Å²) in [5.74, 6) is 0.515. The third-order valence-electron chi connectivity index (χ3n) is 4.69. The standard InChI is InChI=1S/C18H24N2O4/c21-13-18(8-9-18)17(23)19-10-11-20(14-6-7-14)16(22)12-24-15-4-2-1-3-5-15/h1-5,14,21H,6-13H2,(H,19,23). The topological polar surface area (TPSA) is 78.9 Å². The van der Waals surface area contributed by atoms with Crippen molar-refractivity contribution < 1.29 is 19.4 Å². The number of aliphatic hydroxyl groups excluding tert-OH is 1. The Bertz CT molecular complexity index is 582. The van der Waals surface area contributed by atoms with Gasteiger partial charge in [-0.3, -0.25) is 9.59 Å². The minimum Gasteiger partial charge on any atom is -0.484 e. The van der Waals surface area contributed by atoms with Crippen LogP contribution in [0.25, 0.3) is 0 Å². The highest BCUT2D eigenvalue weighted by molar-refractivity contribution is 5.85. The van der Waals surface area contributed by atoms with Crippen LogP contribution in [-0.2, 0) is 9.59 Å². The Hall–Kier alpha value is -2.08. The predicted molar refractivity (Wildman–Crippen MR) is 88.4 cm³/mol. The molecule has 2 fully saturated rings. The lowest BCUT2D eigenvalue weighted by Gasteiger charge is -2.23. The number of ether oxygens (including phenoxy) is 1. The number of carbonyl (C=O) groups excluding carboxylic acids is 2. The van der Waals surface area contributed by atoms with Crippen molar-refractivity contribution in [3.63, 3.8) is 0 Å². The second kappa shape index (κ2) is 7.21. The number of benzene rings is 1. The highest BCUT2D eigenvalue weighted by atomic mass is 16.5. The molecule has 0 saturated heterocycles. The molecule has 0 unspecified atom stereocenters. The van der Waals surface area contributed by atoms with E-state index in [9.17, 15) is 14.7 Å². The van der Waals surface area contributed by atoms with Gasteiger partial charge < -0.3 is 20.1 Å². The number of amides is 2. The molecule has 0 aliphatic heterocycles. The molecule has 0 radical (unpaired) electrons. The molecule has 0 spiro atoms. The minimum absolute atomic E-state index is 0.00897. The third-order valence-corrected chi connectivity index (χ3v) is 4.69. The number of rotatable bonds is 9. The van der Waals surface area contributed by atoms with Gasteiger partial charge in [0.1, 0.15) is 5.75 Å². The summed E-state index contributed by atoms with van der Waals surface area (Å²) in [5.41, 5.74) is -0.565.